The van der Waals surface area contributed by atoms with E-state index in [1.165, 1.54) is 0 Å². The zero-order valence-electron chi connectivity index (χ0n) is 13.4. The molecule has 0 spiro atoms. The molecule has 1 aromatic heterocycles. The van der Waals surface area contributed by atoms with Gasteiger partial charge < -0.3 is 0 Å². The molecule has 0 saturated carbocycles. The summed E-state index contributed by atoms with van der Waals surface area (Å²) in [5, 5.41) is 8.21. The molecule has 120 valence electrons. The number of hydrogen-bond acceptors (Lipinski definition) is 3. The number of hydrogen-bond donors (Lipinski definition) is 1. The molecule has 24 heavy (non-hydrogen) atoms. The Bertz CT molecular complexity index is 853. The lowest BCUT2D eigenvalue weighted by molar-refractivity contribution is 0.0955. The van der Waals surface area contributed by atoms with E-state index in [-0.39, 0.29) is 5.91 Å². The first-order valence-electron chi connectivity index (χ1n) is 7.68. The number of carbonyl (C=O) groups excluding carboxylic acids is 1. The van der Waals surface area contributed by atoms with Crippen LogP contribution in [0.1, 0.15) is 27.0 Å². The van der Waals surface area contributed by atoms with Crippen molar-refractivity contribution in [2.45, 2.75) is 13.5 Å². The molecule has 5 nitrogen and oxygen atoms in total. The third kappa shape index (κ3) is 3.95. The molecule has 0 aliphatic carbocycles. The van der Waals surface area contributed by atoms with E-state index < -0.39 is 0 Å². The molecular weight excluding hydrogens is 300 g/mol. The highest BCUT2D eigenvalue weighted by Gasteiger charge is 2.05. The highest BCUT2D eigenvalue weighted by atomic mass is 16.2. The number of hydrazone groups is 1. The smallest absolute Gasteiger partial charge is 0.268 e. The van der Waals surface area contributed by atoms with Crippen LogP contribution in [-0.2, 0) is 6.54 Å². The van der Waals surface area contributed by atoms with E-state index in [0.29, 0.717) is 12.1 Å². The maximum atomic E-state index is 12.2. The summed E-state index contributed by atoms with van der Waals surface area (Å²) in [6.45, 7) is 2.63. The van der Waals surface area contributed by atoms with E-state index in [0.717, 1.165) is 16.7 Å². The van der Waals surface area contributed by atoms with Crippen molar-refractivity contribution in [3.05, 3.63) is 89.2 Å². The summed E-state index contributed by atoms with van der Waals surface area (Å²) >= 11 is 0. The Labute approximate surface area is 140 Å². The first-order chi connectivity index (χ1) is 11.7. The average molecular weight is 318 g/mol. The van der Waals surface area contributed by atoms with Crippen LogP contribution in [0, 0.1) is 6.92 Å². The van der Waals surface area contributed by atoms with Crippen molar-refractivity contribution >= 4 is 12.1 Å². The molecule has 0 unspecified atom stereocenters. The number of aryl methyl sites for hydroxylation is 1. The van der Waals surface area contributed by atoms with Gasteiger partial charge in [0.25, 0.3) is 5.91 Å². The van der Waals surface area contributed by atoms with E-state index in [2.05, 4.69) is 15.6 Å². The number of benzene rings is 2. The lowest BCUT2D eigenvalue weighted by Gasteiger charge is -2.05. The van der Waals surface area contributed by atoms with Crippen molar-refractivity contribution in [2.75, 3.05) is 0 Å². The molecule has 0 aliphatic heterocycles. The van der Waals surface area contributed by atoms with E-state index in [1.54, 1.807) is 18.5 Å². The van der Waals surface area contributed by atoms with Gasteiger partial charge in [0.1, 0.15) is 0 Å². The second kappa shape index (κ2) is 7.37. The number of amides is 1. The molecule has 0 aliphatic rings. The van der Waals surface area contributed by atoms with Gasteiger partial charge in [-0.15, -0.1) is 0 Å². The number of carbonyl (C=O) groups is 1. The van der Waals surface area contributed by atoms with Gasteiger partial charge in [-0.3, -0.25) is 9.48 Å². The van der Waals surface area contributed by atoms with E-state index in [9.17, 15) is 4.79 Å². The molecule has 0 fully saturated rings. The third-order valence-electron chi connectivity index (χ3n) is 3.65. The van der Waals surface area contributed by atoms with Gasteiger partial charge in [-0.25, -0.2) is 5.43 Å². The number of rotatable bonds is 5. The maximum absolute atomic E-state index is 12.2. The Balaban J connectivity index is 1.66. The van der Waals surface area contributed by atoms with E-state index >= 15 is 0 Å². The van der Waals surface area contributed by atoms with Gasteiger partial charge in [0.05, 0.1) is 12.8 Å². The molecule has 5 heteroatoms. The summed E-state index contributed by atoms with van der Waals surface area (Å²) in [6.07, 6.45) is 5.27. The van der Waals surface area contributed by atoms with E-state index in [4.69, 9.17) is 0 Å². The fourth-order valence-corrected chi connectivity index (χ4v) is 2.35. The van der Waals surface area contributed by atoms with Crippen LogP contribution in [0.3, 0.4) is 0 Å². The van der Waals surface area contributed by atoms with Crippen LogP contribution in [0.2, 0.25) is 0 Å². The Kier molecular flexibility index (Phi) is 4.81. The molecule has 2 aromatic carbocycles. The first-order valence-corrected chi connectivity index (χ1v) is 7.68. The second-order valence-electron chi connectivity index (χ2n) is 5.46. The Morgan fingerprint density at radius 1 is 1.21 bits per heavy atom. The summed E-state index contributed by atoms with van der Waals surface area (Å²) < 4.78 is 1.81. The summed E-state index contributed by atoms with van der Waals surface area (Å²) in [5.41, 5.74) is 6.23. The molecule has 0 atom stereocenters. The number of aromatic nitrogens is 2. The molecule has 1 amide bonds. The predicted molar refractivity (Wildman–Crippen MR) is 94.0 cm³/mol. The third-order valence-corrected chi connectivity index (χ3v) is 3.65. The van der Waals surface area contributed by atoms with Gasteiger partial charge in [0, 0.05) is 18.0 Å². The Hall–Kier alpha value is -3.21. The maximum Gasteiger partial charge on any atom is 0.271 e. The lowest BCUT2D eigenvalue weighted by atomic mass is 10.1. The van der Waals surface area contributed by atoms with E-state index in [1.807, 2.05) is 66.3 Å². The quantitative estimate of drug-likeness (QED) is 0.581. The van der Waals surface area contributed by atoms with Crippen molar-refractivity contribution in [1.29, 1.82) is 0 Å². The highest BCUT2D eigenvalue weighted by molar-refractivity contribution is 5.95. The van der Waals surface area contributed by atoms with Crippen LogP contribution in [0.5, 0.6) is 0 Å². The topological polar surface area (TPSA) is 59.3 Å². The minimum Gasteiger partial charge on any atom is -0.268 e. The van der Waals surface area contributed by atoms with Crippen LogP contribution >= 0.6 is 0 Å². The van der Waals surface area contributed by atoms with Crippen molar-refractivity contribution in [1.82, 2.24) is 15.2 Å². The van der Waals surface area contributed by atoms with Crippen molar-refractivity contribution in [3.8, 4) is 0 Å². The number of nitrogens with zero attached hydrogens (tertiary/aromatic N) is 3. The molecule has 0 saturated heterocycles. The minimum atomic E-state index is -0.234. The number of nitrogens with one attached hydrogen (secondary N) is 1. The largest absolute Gasteiger partial charge is 0.271 e. The highest BCUT2D eigenvalue weighted by Crippen LogP contribution is 2.07. The lowest BCUT2D eigenvalue weighted by Crippen LogP contribution is -2.18. The van der Waals surface area contributed by atoms with Crippen molar-refractivity contribution in [2.24, 2.45) is 5.10 Å². The molecule has 0 bridgehead atoms. The summed E-state index contributed by atoms with van der Waals surface area (Å²) in [4.78, 5) is 12.2. The van der Waals surface area contributed by atoms with Crippen LogP contribution in [-0.4, -0.2) is 21.9 Å². The molecule has 3 aromatic rings. The van der Waals surface area contributed by atoms with Gasteiger partial charge in [0.15, 0.2) is 0 Å². The van der Waals surface area contributed by atoms with Gasteiger partial charge in [-0.2, -0.15) is 10.2 Å². The monoisotopic (exact) mass is 318 g/mol. The molecule has 3 rings (SSSR count). The van der Waals surface area contributed by atoms with Crippen LogP contribution in [0.4, 0.5) is 0 Å². The second-order valence-corrected chi connectivity index (χ2v) is 5.46. The summed E-state index contributed by atoms with van der Waals surface area (Å²) in [7, 11) is 0. The van der Waals surface area contributed by atoms with Crippen molar-refractivity contribution < 1.29 is 4.79 Å². The zero-order valence-corrected chi connectivity index (χ0v) is 13.4. The van der Waals surface area contributed by atoms with Gasteiger partial charge in [-0.1, -0.05) is 36.4 Å². The molecule has 0 radical (unpaired) electrons. The van der Waals surface area contributed by atoms with Crippen molar-refractivity contribution in [3.63, 3.8) is 0 Å². The van der Waals surface area contributed by atoms with Crippen LogP contribution in [0.15, 0.2) is 72.1 Å². The summed E-state index contributed by atoms with van der Waals surface area (Å²) in [6, 6.07) is 17.2. The van der Waals surface area contributed by atoms with Crippen LogP contribution < -0.4 is 5.43 Å². The zero-order chi connectivity index (χ0) is 16.8. The minimum absolute atomic E-state index is 0.234. The fraction of sp³-hybridized carbons (Fsp3) is 0.105. The molecule has 1 heterocycles. The summed E-state index contributed by atoms with van der Waals surface area (Å²) in [5.74, 6) is -0.234. The first kappa shape index (κ1) is 15.7. The normalized spacial score (nSPS) is 10.9. The van der Waals surface area contributed by atoms with Gasteiger partial charge in [0.2, 0.25) is 0 Å². The Morgan fingerprint density at radius 3 is 2.88 bits per heavy atom. The SMILES string of the molecule is Cc1ccccc1/C=N/NC(=O)c1cccc(Cn2cccn2)c1. The fourth-order valence-electron chi connectivity index (χ4n) is 2.35. The predicted octanol–water partition coefficient (Wildman–Crippen LogP) is 3.00. The Morgan fingerprint density at radius 2 is 2.08 bits per heavy atom. The molecular formula is C19H18N4O. The standard InChI is InChI=1S/C19H18N4O/c1-15-6-2-3-8-18(15)13-20-22-19(24)17-9-4-7-16(12-17)14-23-11-5-10-21-23/h2-13H,14H2,1H3,(H,22,24)/b20-13+. The molecule has 1 N–H and O–H groups in total. The average Bonchev–Trinajstić information content (AvgIpc) is 3.10. The van der Waals surface area contributed by atoms with Gasteiger partial charge in [-0.05, 0) is 41.8 Å². The van der Waals surface area contributed by atoms with Gasteiger partial charge >= 0.3 is 0 Å². The van der Waals surface area contributed by atoms with Crippen LogP contribution in [0.25, 0.3) is 0 Å².